The average Bonchev–Trinajstić information content (AvgIpc) is 3.33. The summed E-state index contributed by atoms with van der Waals surface area (Å²) in [5.41, 5.74) is 5.25. The Bertz CT molecular complexity index is 887. The summed E-state index contributed by atoms with van der Waals surface area (Å²) in [7, 11) is 1.80. The molecule has 6 heteroatoms. The second-order valence-electron chi connectivity index (χ2n) is 7.96. The molecule has 3 rings (SSSR count). The van der Waals surface area contributed by atoms with E-state index in [2.05, 4.69) is 31.3 Å². The van der Waals surface area contributed by atoms with Crippen LogP contribution in [0.2, 0.25) is 0 Å². The molecule has 1 heterocycles. The van der Waals surface area contributed by atoms with Crippen LogP contribution < -0.4 is 5.32 Å². The van der Waals surface area contributed by atoms with Gasteiger partial charge in [-0.3, -0.25) is 9.59 Å². The van der Waals surface area contributed by atoms with Gasteiger partial charge in [0.05, 0.1) is 11.4 Å². The number of amides is 2. The highest BCUT2D eigenvalue weighted by atomic mass is 16.2. The Labute approximate surface area is 166 Å². The summed E-state index contributed by atoms with van der Waals surface area (Å²) in [4.78, 5) is 26.1. The van der Waals surface area contributed by atoms with E-state index in [9.17, 15) is 9.59 Å². The lowest BCUT2D eigenvalue weighted by molar-refractivity contribution is -0.130. The Hall–Kier alpha value is -2.63. The van der Waals surface area contributed by atoms with E-state index in [1.54, 1.807) is 11.9 Å². The predicted octanol–water partition coefficient (Wildman–Crippen LogP) is 2.92. The minimum Gasteiger partial charge on any atom is -0.355 e. The average molecular weight is 383 g/mol. The summed E-state index contributed by atoms with van der Waals surface area (Å²) < 4.78 is 1.95. The molecule has 1 aromatic heterocycles. The molecular formula is C22H30N4O2. The van der Waals surface area contributed by atoms with Crippen LogP contribution in [0.25, 0.3) is 5.69 Å². The van der Waals surface area contributed by atoms with Gasteiger partial charge in [0.25, 0.3) is 0 Å². The van der Waals surface area contributed by atoms with E-state index >= 15 is 0 Å². The van der Waals surface area contributed by atoms with Crippen LogP contribution in [-0.4, -0.2) is 40.1 Å². The van der Waals surface area contributed by atoms with Gasteiger partial charge in [0.15, 0.2) is 0 Å². The van der Waals surface area contributed by atoms with E-state index in [-0.39, 0.29) is 17.7 Å². The lowest BCUT2D eigenvalue weighted by atomic mass is 10.1. The number of nitrogens with zero attached hydrogens (tertiary/aromatic N) is 3. The van der Waals surface area contributed by atoms with Crippen molar-refractivity contribution in [2.75, 3.05) is 13.6 Å². The summed E-state index contributed by atoms with van der Waals surface area (Å²) in [5, 5.41) is 7.57. The molecule has 0 spiro atoms. The van der Waals surface area contributed by atoms with E-state index in [0.29, 0.717) is 25.4 Å². The molecule has 2 amide bonds. The zero-order chi connectivity index (χ0) is 20.4. The number of aromatic nitrogens is 2. The number of carbonyl (C=O) groups is 2. The molecule has 2 aromatic rings. The fraction of sp³-hybridized carbons (Fsp3) is 0.500. The molecule has 1 saturated carbocycles. The standard InChI is InChI=1S/C22H30N4O2/c1-14-8-6-7-9-20(14)26-17(4)19(16(3)24-26)13-25(5)21(27)10-11-23-22(28)18-12-15(18)2/h6-9,15,18H,10-13H2,1-5H3,(H,23,28)/t15-,18-/m1/s1. The summed E-state index contributed by atoms with van der Waals surface area (Å²) in [6.45, 7) is 9.06. The van der Waals surface area contributed by atoms with Crippen LogP contribution in [0.1, 0.15) is 42.3 Å². The third-order valence-corrected chi connectivity index (χ3v) is 5.69. The van der Waals surface area contributed by atoms with Crippen molar-refractivity contribution in [3.8, 4) is 5.69 Å². The molecule has 0 aliphatic heterocycles. The van der Waals surface area contributed by atoms with Crippen molar-refractivity contribution in [1.29, 1.82) is 0 Å². The first-order valence-corrected chi connectivity index (χ1v) is 9.92. The van der Waals surface area contributed by atoms with Gasteiger partial charge in [0.2, 0.25) is 11.8 Å². The predicted molar refractivity (Wildman–Crippen MR) is 109 cm³/mol. The van der Waals surface area contributed by atoms with Crippen molar-refractivity contribution in [2.24, 2.45) is 11.8 Å². The number of nitrogens with one attached hydrogen (secondary N) is 1. The molecule has 1 N–H and O–H groups in total. The highest BCUT2D eigenvalue weighted by molar-refractivity contribution is 5.82. The normalized spacial score (nSPS) is 18.0. The smallest absolute Gasteiger partial charge is 0.224 e. The molecule has 28 heavy (non-hydrogen) atoms. The first kappa shape index (κ1) is 20.1. The van der Waals surface area contributed by atoms with Crippen LogP contribution >= 0.6 is 0 Å². The van der Waals surface area contributed by atoms with Gasteiger partial charge in [0, 0.05) is 43.7 Å². The minimum absolute atomic E-state index is 0.0200. The van der Waals surface area contributed by atoms with Gasteiger partial charge in [0.1, 0.15) is 0 Å². The van der Waals surface area contributed by atoms with Crippen molar-refractivity contribution in [2.45, 2.75) is 47.1 Å². The lowest BCUT2D eigenvalue weighted by Gasteiger charge is -2.18. The number of hydrogen-bond acceptors (Lipinski definition) is 3. The largest absolute Gasteiger partial charge is 0.355 e. The first-order valence-electron chi connectivity index (χ1n) is 9.92. The number of rotatable bonds is 7. The van der Waals surface area contributed by atoms with E-state index in [0.717, 1.165) is 34.6 Å². The Kier molecular flexibility index (Phi) is 5.87. The van der Waals surface area contributed by atoms with Crippen molar-refractivity contribution < 1.29 is 9.59 Å². The Morgan fingerprint density at radius 1 is 1.25 bits per heavy atom. The van der Waals surface area contributed by atoms with Crippen molar-refractivity contribution >= 4 is 11.8 Å². The summed E-state index contributed by atoms with van der Waals surface area (Å²) in [6, 6.07) is 8.14. The maximum atomic E-state index is 12.5. The third kappa shape index (κ3) is 4.26. The highest BCUT2D eigenvalue weighted by Gasteiger charge is 2.38. The minimum atomic E-state index is 0.0200. The van der Waals surface area contributed by atoms with Gasteiger partial charge in [-0.2, -0.15) is 5.10 Å². The lowest BCUT2D eigenvalue weighted by Crippen LogP contribution is -2.32. The molecule has 1 aromatic carbocycles. The monoisotopic (exact) mass is 382 g/mol. The molecule has 1 aliphatic rings. The summed E-state index contributed by atoms with van der Waals surface area (Å²) in [5.74, 6) is 0.722. The second-order valence-corrected chi connectivity index (χ2v) is 7.96. The van der Waals surface area contributed by atoms with Crippen LogP contribution in [0, 0.1) is 32.6 Å². The molecule has 2 atom stereocenters. The van der Waals surface area contributed by atoms with Gasteiger partial charge in [-0.15, -0.1) is 0 Å². The Morgan fingerprint density at radius 3 is 2.57 bits per heavy atom. The molecule has 1 aliphatic carbocycles. The number of benzene rings is 1. The fourth-order valence-electron chi connectivity index (χ4n) is 3.57. The maximum absolute atomic E-state index is 12.5. The topological polar surface area (TPSA) is 67.2 Å². The molecule has 150 valence electrons. The summed E-state index contributed by atoms with van der Waals surface area (Å²) >= 11 is 0. The Balaban J connectivity index is 1.60. The molecule has 1 fully saturated rings. The van der Waals surface area contributed by atoms with Crippen LogP contribution in [-0.2, 0) is 16.1 Å². The number of para-hydroxylation sites is 1. The zero-order valence-electron chi connectivity index (χ0n) is 17.5. The van der Waals surface area contributed by atoms with Gasteiger partial charge >= 0.3 is 0 Å². The number of hydrogen-bond donors (Lipinski definition) is 1. The third-order valence-electron chi connectivity index (χ3n) is 5.69. The quantitative estimate of drug-likeness (QED) is 0.801. The molecular weight excluding hydrogens is 352 g/mol. The van der Waals surface area contributed by atoms with E-state index in [4.69, 9.17) is 5.10 Å². The zero-order valence-corrected chi connectivity index (χ0v) is 17.5. The highest BCUT2D eigenvalue weighted by Crippen LogP contribution is 2.37. The van der Waals surface area contributed by atoms with Crippen molar-refractivity contribution in [1.82, 2.24) is 20.0 Å². The molecule has 0 radical (unpaired) electrons. The SMILES string of the molecule is Cc1ccccc1-n1nc(C)c(CN(C)C(=O)CCNC(=O)[C@@H]2C[C@H]2C)c1C. The van der Waals surface area contributed by atoms with E-state index < -0.39 is 0 Å². The van der Waals surface area contributed by atoms with Gasteiger partial charge in [-0.25, -0.2) is 4.68 Å². The van der Waals surface area contributed by atoms with Crippen LogP contribution in [0.5, 0.6) is 0 Å². The van der Waals surface area contributed by atoms with Crippen LogP contribution in [0.15, 0.2) is 24.3 Å². The van der Waals surface area contributed by atoms with E-state index in [1.165, 1.54) is 0 Å². The fourth-order valence-corrected chi connectivity index (χ4v) is 3.57. The van der Waals surface area contributed by atoms with Crippen LogP contribution in [0.4, 0.5) is 0 Å². The van der Waals surface area contributed by atoms with Gasteiger partial charge < -0.3 is 10.2 Å². The second kappa shape index (κ2) is 8.17. The Morgan fingerprint density at radius 2 is 1.93 bits per heavy atom. The molecule has 6 nitrogen and oxygen atoms in total. The molecule has 0 saturated heterocycles. The van der Waals surface area contributed by atoms with Gasteiger partial charge in [-0.05, 0) is 44.7 Å². The number of carbonyl (C=O) groups excluding carboxylic acids is 2. The van der Waals surface area contributed by atoms with Crippen molar-refractivity contribution in [3.05, 3.63) is 46.8 Å². The van der Waals surface area contributed by atoms with E-state index in [1.807, 2.05) is 30.7 Å². The van der Waals surface area contributed by atoms with Crippen LogP contribution in [0.3, 0.4) is 0 Å². The molecule has 0 unspecified atom stereocenters. The number of aryl methyl sites for hydroxylation is 2. The molecule has 0 bridgehead atoms. The van der Waals surface area contributed by atoms with Gasteiger partial charge in [-0.1, -0.05) is 25.1 Å². The maximum Gasteiger partial charge on any atom is 0.224 e. The first-order chi connectivity index (χ1) is 13.3. The summed E-state index contributed by atoms with van der Waals surface area (Å²) in [6.07, 6.45) is 1.27. The van der Waals surface area contributed by atoms with Crippen molar-refractivity contribution in [3.63, 3.8) is 0 Å².